The van der Waals surface area contributed by atoms with Crippen LogP contribution in [0.3, 0.4) is 0 Å². The fourth-order valence-electron chi connectivity index (χ4n) is 2.41. The van der Waals surface area contributed by atoms with Crippen molar-refractivity contribution >= 4 is 35.5 Å². The minimum atomic E-state index is -0.570. The number of nitrogens with one attached hydrogen (secondary N) is 1. The molecular weight excluding hydrogens is 402 g/mol. The molecule has 0 aliphatic rings. The quantitative estimate of drug-likeness (QED) is 0.208. The Balaban J connectivity index is 1.86. The number of ether oxygens (including phenoxy) is 2. The highest BCUT2D eigenvalue weighted by atomic mass is 32.1. The van der Waals surface area contributed by atoms with Crippen molar-refractivity contribution in [1.82, 2.24) is 5.43 Å². The summed E-state index contributed by atoms with van der Waals surface area (Å²) in [5.41, 5.74) is 8.99. The highest BCUT2D eigenvalue weighted by molar-refractivity contribution is 7.80. The van der Waals surface area contributed by atoms with Crippen LogP contribution >= 0.6 is 12.2 Å². The molecule has 0 bridgehead atoms. The van der Waals surface area contributed by atoms with Crippen LogP contribution in [0.4, 0.5) is 0 Å². The van der Waals surface area contributed by atoms with Crippen LogP contribution in [0.5, 0.6) is 11.5 Å². The Kier molecular flexibility index (Phi) is 6.86. The van der Waals surface area contributed by atoms with Crippen LogP contribution in [0.2, 0.25) is 0 Å². The van der Waals surface area contributed by atoms with Gasteiger partial charge in [-0.1, -0.05) is 36.4 Å². The summed E-state index contributed by atoms with van der Waals surface area (Å²) in [5.74, 6) is -0.749. The Hall–Kier alpha value is -4.04. The van der Waals surface area contributed by atoms with Crippen molar-refractivity contribution in [2.75, 3.05) is 0 Å². The third-order valence-corrected chi connectivity index (χ3v) is 3.89. The number of thiocarbonyl (C=S) groups is 1. The summed E-state index contributed by atoms with van der Waals surface area (Å²) in [4.78, 5) is 24.8. The van der Waals surface area contributed by atoms with E-state index < -0.39 is 11.9 Å². The zero-order valence-electron chi connectivity index (χ0n) is 15.6. The molecule has 0 unspecified atom stereocenters. The SMILES string of the molecule is NC(=S)NN=Cc1ccc(OC(=O)c2ccccc2)cc1OC(=O)c1ccccc1. The fraction of sp³-hybridized carbons (Fsp3) is 0. The van der Waals surface area contributed by atoms with Crippen molar-refractivity contribution in [3.63, 3.8) is 0 Å². The van der Waals surface area contributed by atoms with Gasteiger partial charge >= 0.3 is 11.9 Å². The Labute approximate surface area is 178 Å². The maximum absolute atomic E-state index is 12.5. The lowest BCUT2D eigenvalue weighted by Gasteiger charge is -2.10. The number of rotatable bonds is 6. The van der Waals surface area contributed by atoms with Crippen molar-refractivity contribution in [3.8, 4) is 11.5 Å². The van der Waals surface area contributed by atoms with Crippen LogP contribution in [0.15, 0.2) is 84.0 Å². The maximum Gasteiger partial charge on any atom is 0.343 e. The standard InChI is InChI=1S/C22H17N3O4S/c23-22(30)25-24-14-17-11-12-18(28-20(26)15-7-3-1-4-8-15)13-19(17)29-21(27)16-9-5-2-6-10-16/h1-14H,(H3,23,25,30). The number of hydrazone groups is 1. The molecule has 150 valence electrons. The number of esters is 2. The smallest absolute Gasteiger partial charge is 0.343 e. The second-order valence-electron chi connectivity index (χ2n) is 5.94. The van der Waals surface area contributed by atoms with Gasteiger partial charge < -0.3 is 15.2 Å². The van der Waals surface area contributed by atoms with Crippen LogP contribution in [-0.2, 0) is 0 Å². The molecule has 0 fully saturated rings. The summed E-state index contributed by atoms with van der Waals surface area (Å²) in [5, 5.41) is 3.87. The molecule has 0 amide bonds. The molecule has 0 radical (unpaired) electrons. The van der Waals surface area contributed by atoms with E-state index >= 15 is 0 Å². The Morgan fingerprint density at radius 2 is 1.43 bits per heavy atom. The van der Waals surface area contributed by atoms with E-state index in [1.807, 2.05) is 0 Å². The Bertz CT molecular complexity index is 1090. The van der Waals surface area contributed by atoms with Crippen molar-refractivity contribution < 1.29 is 19.1 Å². The van der Waals surface area contributed by atoms with Gasteiger partial charge in [0.15, 0.2) is 5.11 Å². The van der Waals surface area contributed by atoms with E-state index in [9.17, 15) is 9.59 Å². The van der Waals surface area contributed by atoms with Gasteiger partial charge in [0.2, 0.25) is 0 Å². The summed E-state index contributed by atoms with van der Waals surface area (Å²) >= 11 is 4.70. The number of carbonyl (C=O) groups excluding carboxylic acids is 2. The lowest BCUT2D eigenvalue weighted by Crippen LogP contribution is -2.24. The summed E-state index contributed by atoms with van der Waals surface area (Å²) in [6, 6.07) is 21.6. The summed E-state index contributed by atoms with van der Waals surface area (Å²) in [6.45, 7) is 0. The van der Waals surface area contributed by atoms with Gasteiger partial charge in [0, 0.05) is 11.6 Å². The largest absolute Gasteiger partial charge is 0.423 e. The third kappa shape index (κ3) is 5.73. The molecule has 7 nitrogen and oxygen atoms in total. The third-order valence-electron chi connectivity index (χ3n) is 3.80. The zero-order chi connectivity index (χ0) is 21.3. The van der Waals surface area contributed by atoms with E-state index in [1.165, 1.54) is 12.3 Å². The van der Waals surface area contributed by atoms with E-state index in [0.717, 1.165) is 0 Å². The number of hydrogen-bond acceptors (Lipinski definition) is 6. The number of nitrogens with zero attached hydrogens (tertiary/aromatic N) is 1. The number of nitrogens with two attached hydrogens (primary N) is 1. The van der Waals surface area contributed by atoms with Gasteiger partial charge in [-0.25, -0.2) is 9.59 Å². The topological polar surface area (TPSA) is 103 Å². The second-order valence-corrected chi connectivity index (χ2v) is 6.38. The molecule has 0 heterocycles. The van der Waals surface area contributed by atoms with E-state index in [4.69, 9.17) is 27.4 Å². The van der Waals surface area contributed by atoms with Crippen LogP contribution in [-0.4, -0.2) is 23.3 Å². The summed E-state index contributed by atoms with van der Waals surface area (Å²) in [7, 11) is 0. The number of hydrogen-bond donors (Lipinski definition) is 2. The fourth-order valence-corrected chi connectivity index (χ4v) is 2.46. The zero-order valence-corrected chi connectivity index (χ0v) is 16.5. The van der Waals surface area contributed by atoms with Gasteiger partial charge in [-0.2, -0.15) is 5.10 Å². The summed E-state index contributed by atoms with van der Waals surface area (Å²) < 4.78 is 10.9. The molecule has 0 aliphatic carbocycles. The highest BCUT2D eigenvalue weighted by Gasteiger charge is 2.14. The molecule has 3 N–H and O–H groups in total. The highest BCUT2D eigenvalue weighted by Crippen LogP contribution is 2.25. The monoisotopic (exact) mass is 419 g/mol. The molecule has 0 saturated heterocycles. The minimum Gasteiger partial charge on any atom is -0.423 e. The second kappa shape index (κ2) is 9.94. The van der Waals surface area contributed by atoms with E-state index in [0.29, 0.717) is 16.7 Å². The predicted molar refractivity (Wildman–Crippen MR) is 117 cm³/mol. The molecule has 0 spiro atoms. The minimum absolute atomic E-state index is 0.0116. The molecule has 0 aromatic heterocycles. The Morgan fingerprint density at radius 1 is 0.867 bits per heavy atom. The Morgan fingerprint density at radius 3 is 2.00 bits per heavy atom. The summed E-state index contributed by atoms with van der Waals surface area (Å²) in [6.07, 6.45) is 1.38. The lowest BCUT2D eigenvalue weighted by atomic mass is 10.2. The van der Waals surface area contributed by atoms with Crippen LogP contribution in [0.25, 0.3) is 0 Å². The molecule has 8 heteroatoms. The van der Waals surface area contributed by atoms with Crippen molar-refractivity contribution in [2.24, 2.45) is 10.8 Å². The first kappa shape index (κ1) is 20.7. The van der Waals surface area contributed by atoms with Crippen molar-refractivity contribution in [1.29, 1.82) is 0 Å². The van der Waals surface area contributed by atoms with Crippen LogP contribution < -0.4 is 20.6 Å². The van der Waals surface area contributed by atoms with Crippen molar-refractivity contribution in [3.05, 3.63) is 95.6 Å². The average molecular weight is 419 g/mol. The van der Waals surface area contributed by atoms with E-state index in [1.54, 1.807) is 72.8 Å². The van der Waals surface area contributed by atoms with Gasteiger partial charge in [-0.15, -0.1) is 0 Å². The first-order valence-corrected chi connectivity index (χ1v) is 9.21. The number of benzene rings is 3. The molecule has 0 aliphatic heterocycles. The first-order valence-electron chi connectivity index (χ1n) is 8.80. The molecule has 3 rings (SSSR count). The van der Waals surface area contributed by atoms with Gasteiger partial charge in [0.05, 0.1) is 17.3 Å². The van der Waals surface area contributed by atoms with Gasteiger partial charge in [-0.3, -0.25) is 5.43 Å². The average Bonchev–Trinajstić information content (AvgIpc) is 2.76. The van der Waals surface area contributed by atoms with E-state index in [2.05, 4.69) is 10.5 Å². The molecule has 30 heavy (non-hydrogen) atoms. The van der Waals surface area contributed by atoms with Gasteiger partial charge in [0.1, 0.15) is 11.5 Å². The van der Waals surface area contributed by atoms with Crippen LogP contribution in [0, 0.1) is 0 Å². The first-order chi connectivity index (χ1) is 14.5. The molecular formula is C22H17N3O4S. The molecule has 0 saturated carbocycles. The van der Waals surface area contributed by atoms with Crippen LogP contribution in [0.1, 0.15) is 26.3 Å². The van der Waals surface area contributed by atoms with Gasteiger partial charge in [-0.05, 0) is 48.6 Å². The lowest BCUT2D eigenvalue weighted by molar-refractivity contribution is 0.0732. The molecule has 0 atom stereocenters. The molecule has 3 aromatic rings. The van der Waals surface area contributed by atoms with Crippen molar-refractivity contribution in [2.45, 2.75) is 0 Å². The van der Waals surface area contributed by atoms with E-state index in [-0.39, 0.29) is 16.6 Å². The van der Waals surface area contributed by atoms with Gasteiger partial charge in [0.25, 0.3) is 0 Å². The number of carbonyl (C=O) groups is 2. The molecule has 3 aromatic carbocycles. The predicted octanol–water partition coefficient (Wildman–Crippen LogP) is 3.29. The normalized spacial score (nSPS) is 10.4. The maximum atomic E-state index is 12.5.